The number of nitrogens with one attached hydrogen (secondary N) is 1. The summed E-state index contributed by atoms with van der Waals surface area (Å²) in [5.74, 6) is -0.878. The van der Waals surface area contributed by atoms with Crippen LogP contribution in [-0.4, -0.2) is 22.8 Å². The van der Waals surface area contributed by atoms with Crippen LogP contribution >= 0.6 is 0 Å². The van der Waals surface area contributed by atoms with E-state index in [4.69, 9.17) is 5.73 Å². The summed E-state index contributed by atoms with van der Waals surface area (Å²) in [5.41, 5.74) is 5.62. The van der Waals surface area contributed by atoms with E-state index in [1.54, 1.807) is 18.2 Å². The van der Waals surface area contributed by atoms with Crippen LogP contribution in [0.1, 0.15) is 49.0 Å². The normalized spacial score (nSPS) is 11.6. The molecule has 0 unspecified atom stereocenters. The van der Waals surface area contributed by atoms with Gasteiger partial charge in [-0.3, -0.25) is 14.6 Å². The van der Waals surface area contributed by atoms with E-state index in [2.05, 4.69) is 16.9 Å². The number of primary amides is 1. The van der Waals surface area contributed by atoms with Gasteiger partial charge in [0.2, 0.25) is 5.91 Å². The Balaban J connectivity index is 2.38. The van der Waals surface area contributed by atoms with Gasteiger partial charge in [0.1, 0.15) is 11.7 Å². The molecular formula is C16H23N3O2. The number of carbonyl (C=O) groups is 2. The summed E-state index contributed by atoms with van der Waals surface area (Å²) in [6.07, 6.45) is 9.06. The van der Waals surface area contributed by atoms with Gasteiger partial charge >= 0.3 is 0 Å². The summed E-state index contributed by atoms with van der Waals surface area (Å²) in [6, 6.07) is 4.41. The average molecular weight is 289 g/mol. The summed E-state index contributed by atoms with van der Waals surface area (Å²) >= 11 is 0. The maximum atomic E-state index is 11.9. The highest BCUT2D eigenvalue weighted by Gasteiger charge is 2.18. The van der Waals surface area contributed by atoms with E-state index in [9.17, 15) is 9.59 Å². The fourth-order valence-electron chi connectivity index (χ4n) is 2.01. The minimum absolute atomic E-state index is 0.287. The van der Waals surface area contributed by atoms with Gasteiger partial charge in [0.25, 0.3) is 5.91 Å². The number of rotatable bonds is 10. The van der Waals surface area contributed by atoms with Crippen molar-refractivity contribution < 1.29 is 9.59 Å². The second-order valence-electron chi connectivity index (χ2n) is 4.92. The van der Waals surface area contributed by atoms with Crippen LogP contribution in [0.3, 0.4) is 0 Å². The van der Waals surface area contributed by atoms with Crippen molar-refractivity contribution in [3.05, 3.63) is 42.7 Å². The molecule has 0 spiro atoms. The number of carbonyl (C=O) groups excluding carboxylic acids is 2. The van der Waals surface area contributed by atoms with Gasteiger partial charge in [-0.25, -0.2) is 0 Å². The van der Waals surface area contributed by atoms with Gasteiger partial charge in [-0.1, -0.05) is 31.4 Å². The third-order valence-corrected chi connectivity index (χ3v) is 3.20. The molecule has 0 aromatic carbocycles. The maximum absolute atomic E-state index is 11.9. The molecule has 5 nitrogen and oxygen atoms in total. The Labute approximate surface area is 125 Å². The van der Waals surface area contributed by atoms with Gasteiger partial charge in [-0.15, -0.1) is 6.58 Å². The van der Waals surface area contributed by atoms with Crippen molar-refractivity contribution in [1.82, 2.24) is 10.3 Å². The fourth-order valence-corrected chi connectivity index (χ4v) is 2.01. The van der Waals surface area contributed by atoms with Gasteiger partial charge in [-0.05, 0) is 31.4 Å². The predicted octanol–water partition coefficient (Wildman–Crippen LogP) is 2.19. The summed E-state index contributed by atoms with van der Waals surface area (Å²) in [6.45, 7) is 3.68. The molecule has 5 heteroatoms. The standard InChI is InChI=1S/C16H23N3O2/c1-2-3-4-5-6-7-10-13(15(17)20)19-16(21)14-11-8-9-12-18-14/h2,8-9,11-13H,1,3-7,10H2,(H2,17,20)(H,19,21)/t13-/m1/s1. The second kappa shape index (κ2) is 9.69. The molecule has 114 valence electrons. The molecule has 0 saturated heterocycles. The largest absolute Gasteiger partial charge is 0.368 e. The zero-order valence-corrected chi connectivity index (χ0v) is 12.3. The summed E-state index contributed by atoms with van der Waals surface area (Å²) in [7, 11) is 0. The molecular weight excluding hydrogens is 266 g/mol. The van der Waals surface area contributed by atoms with E-state index in [0.29, 0.717) is 6.42 Å². The van der Waals surface area contributed by atoms with Crippen LogP contribution in [0.15, 0.2) is 37.1 Å². The molecule has 21 heavy (non-hydrogen) atoms. The lowest BCUT2D eigenvalue weighted by atomic mass is 10.1. The number of aromatic nitrogens is 1. The number of allylic oxidation sites excluding steroid dienone is 1. The van der Waals surface area contributed by atoms with E-state index in [1.165, 1.54) is 6.20 Å². The Morgan fingerprint density at radius 1 is 1.29 bits per heavy atom. The first-order valence-electron chi connectivity index (χ1n) is 7.27. The molecule has 0 radical (unpaired) electrons. The van der Waals surface area contributed by atoms with E-state index in [-0.39, 0.29) is 11.6 Å². The van der Waals surface area contributed by atoms with Crippen LogP contribution in [0.5, 0.6) is 0 Å². The van der Waals surface area contributed by atoms with Crippen LogP contribution in [-0.2, 0) is 4.79 Å². The van der Waals surface area contributed by atoms with Gasteiger partial charge in [0, 0.05) is 6.20 Å². The summed E-state index contributed by atoms with van der Waals surface area (Å²) in [5, 5.41) is 2.64. The number of amides is 2. The molecule has 2 amide bonds. The predicted molar refractivity (Wildman–Crippen MR) is 82.6 cm³/mol. The van der Waals surface area contributed by atoms with Crippen LogP contribution in [0.2, 0.25) is 0 Å². The van der Waals surface area contributed by atoms with E-state index < -0.39 is 11.9 Å². The Kier molecular flexibility index (Phi) is 7.79. The van der Waals surface area contributed by atoms with Crippen molar-refractivity contribution >= 4 is 11.8 Å². The topological polar surface area (TPSA) is 85.1 Å². The molecule has 0 aliphatic carbocycles. The lowest BCUT2D eigenvalue weighted by Gasteiger charge is -2.15. The summed E-state index contributed by atoms with van der Waals surface area (Å²) < 4.78 is 0. The maximum Gasteiger partial charge on any atom is 0.270 e. The van der Waals surface area contributed by atoms with Gasteiger partial charge in [0.05, 0.1) is 0 Å². The molecule has 0 saturated carbocycles. The third kappa shape index (κ3) is 6.70. The molecule has 1 heterocycles. The lowest BCUT2D eigenvalue weighted by molar-refractivity contribution is -0.120. The Hall–Kier alpha value is -2.17. The Bertz CT molecular complexity index is 460. The lowest BCUT2D eigenvalue weighted by Crippen LogP contribution is -2.44. The average Bonchev–Trinajstić information content (AvgIpc) is 2.50. The minimum Gasteiger partial charge on any atom is -0.368 e. The molecule has 0 aliphatic heterocycles. The molecule has 1 rings (SSSR count). The number of nitrogens with zero attached hydrogens (tertiary/aromatic N) is 1. The summed E-state index contributed by atoms with van der Waals surface area (Å²) in [4.78, 5) is 27.3. The molecule has 0 fully saturated rings. The number of pyridine rings is 1. The van der Waals surface area contributed by atoms with Gasteiger partial charge in [0.15, 0.2) is 0 Å². The fraction of sp³-hybridized carbons (Fsp3) is 0.438. The number of hydrogen-bond donors (Lipinski definition) is 2. The minimum atomic E-state index is -0.640. The highest BCUT2D eigenvalue weighted by Crippen LogP contribution is 2.08. The van der Waals surface area contributed by atoms with Crippen LogP contribution < -0.4 is 11.1 Å². The van der Waals surface area contributed by atoms with Crippen molar-refractivity contribution in [2.24, 2.45) is 5.73 Å². The molecule has 0 aliphatic rings. The number of unbranched alkanes of at least 4 members (excludes halogenated alkanes) is 4. The quantitative estimate of drug-likeness (QED) is 0.511. The SMILES string of the molecule is C=CCCCCCC[C@@H](NC(=O)c1ccccn1)C(N)=O. The second-order valence-corrected chi connectivity index (χ2v) is 4.92. The van der Waals surface area contributed by atoms with Crippen LogP contribution in [0.4, 0.5) is 0 Å². The van der Waals surface area contributed by atoms with Crippen molar-refractivity contribution in [3.8, 4) is 0 Å². The highest BCUT2D eigenvalue weighted by atomic mass is 16.2. The monoisotopic (exact) mass is 289 g/mol. The molecule has 0 bridgehead atoms. The van der Waals surface area contributed by atoms with Crippen molar-refractivity contribution in [2.45, 2.75) is 44.6 Å². The van der Waals surface area contributed by atoms with Crippen LogP contribution in [0, 0.1) is 0 Å². The Morgan fingerprint density at radius 2 is 2.05 bits per heavy atom. The number of hydrogen-bond acceptors (Lipinski definition) is 3. The van der Waals surface area contributed by atoms with Crippen molar-refractivity contribution in [2.75, 3.05) is 0 Å². The molecule has 1 atom stereocenters. The highest BCUT2D eigenvalue weighted by molar-refractivity contribution is 5.95. The van der Waals surface area contributed by atoms with Gasteiger partial charge < -0.3 is 11.1 Å². The van der Waals surface area contributed by atoms with Crippen molar-refractivity contribution in [3.63, 3.8) is 0 Å². The first-order chi connectivity index (χ1) is 10.1. The molecule has 1 aromatic rings. The third-order valence-electron chi connectivity index (χ3n) is 3.20. The zero-order chi connectivity index (χ0) is 15.5. The first kappa shape index (κ1) is 16.9. The number of nitrogens with two attached hydrogens (primary N) is 1. The van der Waals surface area contributed by atoms with E-state index in [1.807, 2.05) is 6.08 Å². The smallest absolute Gasteiger partial charge is 0.270 e. The zero-order valence-electron chi connectivity index (χ0n) is 12.3. The van der Waals surface area contributed by atoms with Crippen LogP contribution in [0.25, 0.3) is 0 Å². The van der Waals surface area contributed by atoms with E-state index in [0.717, 1.165) is 32.1 Å². The van der Waals surface area contributed by atoms with Gasteiger partial charge in [-0.2, -0.15) is 0 Å². The molecule has 3 N–H and O–H groups in total. The molecule has 1 aromatic heterocycles. The van der Waals surface area contributed by atoms with E-state index >= 15 is 0 Å². The Morgan fingerprint density at radius 3 is 2.67 bits per heavy atom. The first-order valence-corrected chi connectivity index (χ1v) is 7.27. The van der Waals surface area contributed by atoms with Crippen molar-refractivity contribution in [1.29, 1.82) is 0 Å².